The SMILES string of the molecule is COc1ccc(S(=O)(=O)N2CCCCCC2)cc1C(=O)NNC(=O)CSc1ccc(C)cc1. The van der Waals surface area contributed by atoms with Crippen LogP contribution in [0.5, 0.6) is 5.75 Å². The number of hydrogen-bond acceptors (Lipinski definition) is 6. The van der Waals surface area contributed by atoms with Crippen LogP contribution in [0.25, 0.3) is 0 Å². The fourth-order valence-corrected chi connectivity index (χ4v) is 5.71. The lowest BCUT2D eigenvalue weighted by Crippen LogP contribution is -2.42. The van der Waals surface area contributed by atoms with E-state index in [4.69, 9.17) is 4.74 Å². The lowest BCUT2D eigenvalue weighted by Gasteiger charge is -2.20. The third-order valence-electron chi connectivity index (χ3n) is 5.32. The minimum absolute atomic E-state index is 0.0246. The van der Waals surface area contributed by atoms with Gasteiger partial charge in [-0.2, -0.15) is 4.31 Å². The van der Waals surface area contributed by atoms with Gasteiger partial charge in [-0.15, -0.1) is 11.8 Å². The molecular weight excluding hydrogens is 462 g/mol. The Morgan fingerprint density at radius 3 is 2.30 bits per heavy atom. The van der Waals surface area contributed by atoms with E-state index in [1.165, 1.54) is 41.4 Å². The summed E-state index contributed by atoms with van der Waals surface area (Å²) in [5.41, 5.74) is 5.87. The fourth-order valence-electron chi connectivity index (χ4n) is 3.47. The molecule has 0 radical (unpaired) electrons. The molecule has 2 aromatic carbocycles. The average Bonchev–Trinajstić information content (AvgIpc) is 3.12. The van der Waals surface area contributed by atoms with Crippen molar-refractivity contribution in [2.45, 2.75) is 42.4 Å². The predicted octanol–water partition coefficient (Wildman–Crippen LogP) is 3.12. The van der Waals surface area contributed by atoms with Crippen LogP contribution in [-0.2, 0) is 14.8 Å². The Kier molecular flexibility index (Phi) is 8.76. The summed E-state index contributed by atoms with van der Waals surface area (Å²) in [5.74, 6) is -0.718. The molecule has 0 unspecified atom stereocenters. The number of thioether (sulfide) groups is 1. The molecule has 0 bridgehead atoms. The molecule has 33 heavy (non-hydrogen) atoms. The molecular formula is C23H29N3O5S2. The van der Waals surface area contributed by atoms with Gasteiger partial charge in [0.2, 0.25) is 15.9 Å². The average molecular weight is 492 g/mol. The van der Waals surface area contributed by atoms with Crippen LogP contribution < -0.4 is 15.6 Å². The fraction of sp³-hybridized carbons (Fsp3) is 0.391. The zero-order chi connectivity index (χ0) is 23.8. The van der Waals surface area contributed by atoms with Crippen molar-refractivity contribution in [1.82, 2.24) is 15.2 Å². The second kappa shape index (κ2) is 11.5. The van der Waals surface area contributed by atoms with Gasteiger partial charge in [0.1, 0.15) is 5.75 Å². The summed E-state index contributed by atoms with van der Waals surface area (Å²) in [6.07, 6.45) is 3.64. The number of ether oxygens (including phenoxy) is 1. The number of benzene rings is 2. The lowest BCUT2D eigenvalue weighted by molar-refractivity contribution is -0.119. The highest BCUT2D eigenvalue weighted by molar-refractivity contribution is 8.00. The Hall–Kier alpha value is -2.56. The van der Waals surface area contributed by atoms with Gasteiger partial charge in [-0.1, -0.05) is 30.5 Å². The monoisotopic (exact) mass is 491 g/mol. The first-order valence-electron chi connectivity index (χ1n) is 10.8. The van der Waals surface area contributed by atoms with Gasteiger partial charge in [0, 0.05) is 18.0 Å². The molecule has 1 heterocycles. The maximum atomic E-state index is 13.1. The molecule has 2 aromatic rings. The Morgan fingerprint density at radius 1 is 1.00 bits per heavy atom. The maximum Gasteiger partial charge on any atom is 0.273 e. The second-order valence-electron chi connectivity index (χ2n) is 7.78. The van der Waals surface area contributed by atoms with Crippen LogP contribution in [-0.4, -0.2) is 50.5 Å². The number of sulfonamides is 1. The molecule has 0 saturated carbocycles. The number of carbonyl (C=O) groups excluding carboxylic acids is 2. The number of amides is 2. The van der Waals surface area contributed by atoms with Gasteiger partial charge in [0.15, 0.2) is 0 Å². The summed E-state index contributed by atoms with van der Waals surface area (Å²) in [6.45, 7) is 2.91. The third-order valence-corrected chi connectivity index (χ3v) is 8.23. The zero-order valence-electron chi connectivity index (χ0n) is 18.8. The number of hydrogen-bond donors (Lipinski definition) is 2. The van der Waals surface area contributed by atoms with E-state index in [9.17, 15) is 18.0 Å². The topological polar surface area (TPSA) is 105 Å². The molecule has 10 heteroatoms. The molecule has 0 aromatic heterocycles. The molecule has 178 valence electrons. The Bertz CT molecular complexity index is 1080. The van der Waals surface area contributed by atoms with Gasteiger partial charge in [-0.3, -0.25) is 20.4 Å². The van der Waals surface area contributed by atoms with Crippen molar-refractivity contribution in [3.05, 3.63) is 53.6 Å². The van der Waals surface area contributed by atoms with E-state index in [-0.39, 0.29) is 27.9 Å². The van der Waals surface area contributed by atoms with E-state index in [1.807, 2.05) is 31.2 Å². The molecule has 0 spiro atoms. The Balaban J connectivity index is 1.66. The molecule has 1 aliphatic heterocycles. The number of nitrogens with zero attached hydrogens (tertiary/aromatic N) is 1. The standard InChI is InChI=1S/C23H29N3O5S2/c1-17-7-9-18(10-8-17)32-16-22(27)24-25-23(28)20-15-19(11-12-21(20)31-2)33(29,30)26-13-5-3-4-6-14-26/h7-12,15H,3-6,13-14,16H2,1-2H3,(H,24,27)(H,25,28). The molecule has 2 N–H and O–H groups in total. The number of aryl methyl sites for hydroxylation is 1. The van der Waals surface area contributed by atoms with Crippen molar-refractivity contribution < 1.29 is 22.7 Å². The van der Waals surface area contributed by atoms with Gasteiger partial charge in [-0.05, 0) is 50.1 Å². The normalized spacial score (nSPS) is 14.8. The number of carbonyl (C=O) groups is 2. The minimum Gasteiger partial charge on any atom is -0.496 e. The highest BCUT2D eigenvalue weighted by Gasteiger charge is 2.27. The number of nitrogens with one attached hydrogen (secondary N) is 2. The van der Waals surface area contributed by atoms with E-state index in [0.29, 0.717) is 13.1 Å². The summed E-state index contributed by atoms with van der Waals surface area (Å²) in [6, 6.07) is 11.9. The lowest BCUT2D eigenvalue weighted by atomic mass is 10.2. The Morgan fingerprint density at radius 2 is 1.67 bits per heavy atom. The largest absolute Gasteiger partial charge is 0.496 e. The summed E-state index contributed by atoms with van der Waals surface area (Å²) in [4.78, 5) is 25.9. The molecule has 1 saturated heterocycles. The highest BCUT2D eigenvalue weighted by Crippen LogP contribution is 2.26. The van der Waals surface area contributed by atoms with Crippen molar-refractivity contribution >= 4 is 33.6 Å². The molecule has 1 fully saturated rings. The van der Waals surface area contributed by atoms with E-state index in [0.717, 1.165) is 36.1 Å². The first kappa shape index (κ1) is 25.1. The quantitative estimate of drug-likeness (QED) is 0.456. The van der Waals surface area contributed by atoms with Crippen LogP contribution in [0.1, 0.15) is 41.6 Å². The summed E-state index contributed by atoms with van der Waals surface area (Å²) < 4.78 is 32.9. The van der Waals surface area contributed by atoms with Gasteiger partial charge < -0.3 is 4.74 Å². The van der Waals surface area contributed by atoms with Gasteiger partial charge in [-0.25, -0.2) is 8.42 Å². The van der Waals surface area contributed by atoms with Crippen LogP contribution in [0, 0.1) is 6.92 Å². The van der Waals surface area contributed by atoms with Gasteiger partial charge in [0.05, 0.1) is 23.3 Å². The number of rotatable bonds is 7. The Labute approximate surface area is 199 Å². The third kappa shape index (κ3) is 6.72. The maximum absolute atomic E-state index is 13.1. The van der Waals surface area contributed by atoms with Crippen LogP contribution >= 0.6 is 11.8 Å². The molecule has 0 atom stereocenters. The summed E-state index contributed by atoms with van der Waals surface area (Å²) in [7, 11) is -2.34. The van der Waals surface area contributed by atoms with Crippen molar-refractivity contribution in [2.75, 3.05) is 26.0 Å². The van der Waals surface area contributed by atoms with E-state index in [1.54, 1.807) is 0 Å². The molecule has 8 nitrogen and oxygen atoms in total. The van der Waals surface area contributed by atoms with Crippen molar-refractivity contribution in [3.8, 4) is 5.75 Å². The van der Waals surface area contributed by atoms with Crippen LogP contribution in [0.4, 0.5) is 0 Å². The highest BCUT2D eigenvalue weighted by atomic mass is 32.2. The van der Waals surface area contributed by atoms with E-state index in [2.05, 4.69) is 10.9 Å². The minimum atomic E-state index is -3.73. The van der Waals surface area contributed by atoms with Crippen LogP contribution in [0.15, 0.2) is 52.3 Å². The van der Waals surface area contributed by atoms with Crippen molar-refractivity contribution in [1.29, 1.82) is 0 Å². The van der Waals surface area contributed by atoms with Gasteiger partial charge >= 0.3 is 0 Å². The first-order chi connectivity index (χ1) is 15.8. The smallest absolute Gasteiger partial charge is 0.273 e. The van der Waals surface area contributed by atoms with E-state index < -0.39 is 15.9 Å². The summed E-state index contributed by atoms with van der Waals surface area (Å²) in [5, 5.41) is 0. The van der Waals surface area contributed by atoms with Gasteiger partial charge in [0.25, 0.3) is 5.91 Å². The first-order valence-corrected chi connectivity index (χ1v) is 13.2. The molecule has 2 amide bonds. The predicted molar refractivity (Wildman–Crippen MR) is 128 cm³/mol. The number of hydrazine groups is 1. The second-order valence-corrected chi connectivity index (χ2v) is 10.8. The zero-order valence-corrected chi connectivity index (χ0v) is 20.4. The molecule has 1 aliphatic rings. The summed E-state index contributed by atoms with van der Waals surface area (Å²) >= 11 is 1.34. The molecule has 3 rings (SSSR count). The number of methoxy groups -OCH3 is 1. The van der Waals surface area contributed by atoms with Crippen molar-refractivity contribution in [2.24, 2.45) is 0 Å². The van der Waals surface area contributed by atoms with Crippen LogP contribution in [0.2, 0.25) is 0 Å². The van der Waals surface area contributed by atoms with E-state index >= 15 is 0 Å². The molecule has 0 aliphatic carbocycles. The van der Waals surface area contributed by atoms with Crippen molar-refractivity contribution in [3.63, 3.8) is 0 Å². The van der Waals surface area contributed by atoms with Crippen LogP contribution in [0.3, 0.4) is 0 Å².